The summed E-state index contributed by atoms with van der Waals surface area (Å²) >= 11 is 1.69. The molecule has 1 aliphatic heterocycles. The zero-order chi connectivity index (χ0) is 15.9. The molecule has 0 atom stereocenters. The summed E-state index contributed by atoms with van der Waals surface area (Å²) in [6, 6.07) is 10.5. The molecule has 5 nitrogen and oxygen atoms in total. The lowest BCUT2D eigenvalue weighted by atomic mass is 10.1. The number of nitrogens with zero attached hydrogens (tertiary/aromatic N) is 4. The number of halogens is 1. The van der Waals surface area contributed by atoms with Gasteiger partial charge in [-0.15, -0.1) is 35.3 Å². The van der Waals surface area contributed by atoms with Crippen LogP contribution in [0.25, 0.3) is 0 Å². The fourth-order valence-corrected chi connectivity index (χ4v) is 3.42. The molecule has 0 bridgehead atoms. The number of benzene rings is 1. The first kappa shape index (κ1) is 19.0. The topological polar surface area (TPSA) is 57.8 Å². The first-order valence-corrected chi connectivity index (χ1v) is 8.94. The van der Waals surface area contributed by atoms with Crippen molar-refractivity contribution in [2.75, 3.05) is 37.6 Å². The molecule has 0 unspecified atom stereocenters. The molecule has 1 fully saturated rings. The van der Waals surface area contributed by atoms with Gasteiger partial charge in [0.2, 0.25) is 0 Å². The van der Waals surface area contributed by atoms with E-state index in [2.05, 4.69) is 44.0 Å². The molecule has 0 spiro atoms. The van der Waals surface area contributed by atoms with Crippen molar-refractivity contribution in [3.05, 3.63) is 47.5 Å². The Hall–Kier alpha value is -1.35. The number of nitrogens with two attached hydrogens (primary N) is 1. The van der Waals surface area contributed by atoms with Gasteiger partial charge in [0.25, 0.3) is 0 Å². The molecule has 2 aromatic rings. The molecule has 24 heavy (non-hydrogen) atoms. The molecule has 7 heteroatoms. The average molecular weight is 457 g/mol. The summed E-state index contributed by atoms with van der Waals surface area (Å²) in [7, 11) is 0. The molecule has 0 aliphatic carbocycles. The van der Waals surface area contributed by atoms with Crippen molar-refractivity contribution in [3.8, 4) is 0 Å². The third-order valence-corrected chi connectivity index (χ3v) is 4.87. The van der Waals surface area contributed by atoms with Crippen molar-refractivity contribution >= 4 is 46.4 Å². The van der Waals surface area contributed by atoms with Crippen LogP contribution < -0.4 is 10.6 Å². The van der Waals surface area contributed by atoms with E-state index in [1.807, 2.05) is 17.6 Å². The van der Waals surface area contributed by atoms with Gasteiger partial charge in [0.05, 0.1) is 0 Å². The Morgan fingerprint density at radius 1 is 1.17 bits per heavy atom. The van der Waals surface area contributed by atoms with Crippen LogP contribution >= 0.6 is 35.3 Å². The molecule has 1 aromatic heterocycles. The highest BCUT2D eigenvalue weighted by Crippen LogP contribution is 2.18. The number of hydrogen-bond acceptors (Lipinski definition) is 4. The highest BCUT2D eigenvalue weighted by molar-refractivity contribution is 14.0. The van der Waals surface area contributed by atoms with E-state index in [4.69, 9.17) is 5.73 Å². The maximum atomic E-state index is 6.14. The number of piperazine rings is 1. The van der Waals surface area contributed by atoms with Gasteiger partial charge in [-0.1, -0.05) is 30.3 Å². The molecule has 2 heterocycles. The van der Waals surface area contributed by atoms with E-state index >= 15 is 0 Å². The third-order valence-electron chi connectivity index (χ3n) is 4.03. The van der Waals surface area contributed by atoms with Gasteiger partial charge in [-0.2, -0.15) is 0 Å². The fourth-order valence-electron chi connectivity index (χ4n) is 2.72. The van der Waals surface area contributed by atoms with E-state index in [0.29, 0.717) is 5.96 Å². The minimum absolute atomic E-state index is 0. The Morgan fingerprint density at radius 3 is 2.58 bits per heavy atom. The maximum absolute atomic E-state index is 6.14. The second kappa shape index (κ2) is 9.83. The molecule has 130 valence electrons. The number of guanidine groups is 1. The van der Waals surface area contributed by atoms with E-state index in [9.17, 15) is 0 Å². The van der Waals surface area contributed by atoms with Gasteiger partial charge in [-0.25, -0.2) is 4.98 Å². The summed E-state index contributed by atoms with van der Waals surface area (Å²) in [5.74, 6) is 0.678. The molecular weight excluding hydrogens is 433 g/mol. The highest BCUT2D eigenvalue weighted by atomic mass is 127. The summed E-state index contributed by atoms with van der Waals surface area (Å²) in [4.78, 5) is 13.4. The fraction of sp³-hybridized carbons (Fsp3) is 0.412. The van der Waals surface area contributed by atoms with Gasteiger partial charge < -0.3 is 15.5 Å². The molecular formula is C17H24IN5S. The van der Waals surface area contributed by atoms with Crippen LogP contribution in [0.2, 0.25) is 0 Å². The number of aryl methyl sites for hydroxylation is 1. The lowest BCUT2D eigenvalue weighted by molar-refractivity contribution is 0.380. The number of rotatable bonds is 5. The van der Waals surface area contributed by atoms with Crippen LogP contribution in [0, 0.1) is 0 Å². The van der Waals surface area contributed by atoms with Crippen molar-refractivity contribution in [1.82, 2.24) is 9.88 Å². The van der Waals surface area contributed by atoms with Crippen LogP contribution in [0.15, 0.2) is 46.9 Å². The molecule has 3 rings (SSSR count). The van der Waals surface area contributed by atoms with Crippen molar-refractivity contribution < 1.29 is 0 Å². The van der Waals surface area contributed by atoms with E-state index in [-0.39, 0.29) is 24.0 Å². The van der Waals surface area contributed by atoms with Gasteiger partial charge in [0, 0.05) is 44.3 Å². The molecule has 0 radical (unpaired) electrons. The molecule has 0 amide bonds. The normalized spacial score (nSPS) is 15.2. The predicted molar refractivity (Wildman–Crippen MR) is 113 cm³/mol. The highest BCUT2D eigenvalue weighted by Gasteiger charge is 2.19. The van der Waals surface area contributed by atoms with Crippen LogP contribution in [-0.2, 0) is 6.42 Å². The number of aliphatic imine (C=N–C) groups is 1. The lowest BCUT2D eigenvalue weighted by Gasteiger charge is -2.35. The largest absolute Gasteiger partial charge is 0.370 e. The van der Waals surface area contributed by atoms with E-state index in [1.54, 1.807) is 11.3 Å². The first-order chi connectivity index (χ1) is 11.3. The van der Waals surface area contributed by atoms with Crippen molar-refractivity contribution in [2.24, 2.45) is 10.7 Å². The van der Waals surface area contributed by atoms with Gasteiger partial charge in [-0.05, 0) is 18.4 Å². The quantitative estimate of drug-likeness (QED) is 0.325. The molecule has 0 saturated carbocycles. The smallest absolute Gasteiger partial charge is 0.191 e. The van der Waals surface area contributed by atoms with Gasteiger partial charge in [-0.3, -0.25) is 4.99 Å². The Labute approximate surface area is 164 Å². The van der Waals surface area contributed by atoms with Crippen LogP contribution in [0.3, 0.4) is 0 Å². The summed E-state index contributed by atoms with van der Waals surface area (Å²) < 4.78 is 0. The molecule has 1 aliphatic rings. The SMILES string of the molecule is I.NC(=NCCCc1ccccc1)N1CCN(c2nccs2)CC1. The first-order valence-electron chi connectivity index (χ1n) is 8.06. The van der Waals surface area contributed by atoms with Gasteiger partial charge in [0.15, 0.2) is 11.1 Å². The molecule has 2 N–H and O–H groups in total. The third kappa shape index (κ3) is 5.34. The second-order valence-electron chi connectivity index (χ2n) is 5.62. The van der Waals surface area contributed by atoms with Crippen molar-refractivity contribution in [2.45, 2.75) is 12.8 Å². The Morgan fingerprint density at radius 2 is 1.92 bits per heavy atom. The second-order valence-corrected chi connectivity index (χ2v) is 6.49. The lowest BCUT2D eigenvalue weighted by Crippen LogP contribution is -2.51. The molecule has 1 saturated heterocycles. The predicted octanol–water partition coefficient (Wildman–Crippen LogP) is 2.83. The number of hydrogen-bond donors (Lipinski definition) is 1. The summed E-state index contributed by atoms with van der Waals surface area (Å²) in [5, 5.41) is 3.12. The minimum Gasteiger partial charge on any atom is -0.370 e. The molecule has 1 aromatic carbocycles. The average Bonchev–Trinajstić information content (AvgIpc) is 3.14. The summed E-state index contributed by atoms with van der Waals surface area (Å²) in [6.07, 6.45) is 3.94. The minimum atomic E-state index is 0. The van der Waals surface area contributed by atoms with Crippen molar-refractivity contribution in [1.29, 1.82) is 0 Å². The Bertz CT molecular complexity index is 609. The summed E-state index contributed by atoms with van der Waals surface area (Å²) in [6.45, 7) is 4.51. The Balaban J connectivity index is 0.00000208. The summed E-state index contributed by atoms with van der Waals surface area (Å²) in [5.41, 5.74) is 7.50. The van der Waals surface area contributed by atoms with E-state index < -0.39 is 0 Å². The van der Waals surface area contributed by atoms with Crippen LogP contribution in [0.4, 0.5) is 5.13 Å². The van der Waals surface area contributed by atoms with E-state index in [1.165, 1.54) is 5.56 Å². The van der Waals surface area contributed by atoms with Gasteiger partial charge >= 0.3 is 0 Å². The van der Waals surface area contributed by atoms with Crippen LogP contribution in [0.5, 0.6) is 0 Å². The van der Waals surface area contributed by atoms with Gasteiger partial charge in [0.1, 0.15) is 0 Å². The number of anilines is 1. The number of thiazole rings is 1. The Kier molecular flexibility index (Phi) is 7.77. The van der Waals surface area contributed by atoms with Crippen LogP contribution in [-0.4, -0.2) is 48.6 Å². The monoisotopic (exact) mass is 457 g/mol. The zero-order valence-electron chi connectivity index (χ0n) is 13.7. The maximum Gasteiger partial charge on any atom is 0.191 e. The van der Waals surface area contributed by atoms with Crippen LogP contribution in [0.1, 0.15) is 12.0 Å². The van der Waals surface area contributed by atoms with E-state index in [0.717, 1.165) is 50.7 Å². The zero-order valence-corrected chi connectivity index (χ0v) is 16.8. The van der Waals surface area contributed by atoms with Crippen molar-refractivity contribution in [3.63, 3.8) is 0 Å². The standard InChI is InChI=1S/C17H23N5S.HI/c18-16(19-8-4-7-15-5-2-1-3-6-15)21-10-12-22(13-11-21)17-20-9-14-23-17;/h1-3,5-6,9,14H,4,7-8,10-13H2,(H2,18,19);1H. The number of aromatic nitrogens is 1.